The summed E-state index contributed by atoms with van der Waals surface area (Å²) in [4.78, 5) is 0. The molecule has 0 unspecified atom stereocenters. The average Bonchev–Trinajstić information content (AvgIpc) is 1.74. The Balaban J connectivity index is 0.000000144. The second-order valence-electron chi connectivity index (χ2n) is 30.8. The van der Waals surface area contributed by atoms with E-state index in [2.05, 4.69) is 290 Å². The Morgan fingerprint density at radius 3 is 1.11 bits per heavy atom. The molecule has 0 N–H and O–H groups in total. The molecule has 6 aromatic carbocycles. The van der Waals surface area contributed by atoms with Crippen molar-refractivity contribution >= 4 is 0 Å². The molecular weight excluding hydrogens is 1050 g/mol. The van der Waals surface area contributed by atoms with Crippen LogP contribution in [-0.4, -0.2) is 0 Å². The van der Waals surface area contributed by atoms with Crippen LogP contribution in [0.1, 0.15) is 179 Å². The fourth-order valence-corrected chi connectivity index (χ4v) is 15.2. The Hall–Kier alpha value is -7.23. The van der Waals surface area contributed by atoms with E-state index >= 15 is 0 Å². The predicted molar refractivity (Wildman–Crippen MR) is 370 cm³/mol. The van der Waals surface area contributed by atoms with Gasteiger partial charge >= 0.3 is 0 Å². The summed E-state index contributed by atoms with van der Waals surface area (Å²) in [6, 6.07) is 35.5. The third-order valence-corrected chi connectivity index (χ3v) is 19.1. The maximum absolute atomic E-state index is 2.46. The smallest absolute Gasteiger partial charge is 0.201 e. The van der Waals surface area contributed by atoms with Crippen LogP contribution in [0.15, 0.2) is 110 Å². The Morgan fingerprint density at radius 2 is 0.667 bits per heavy atom. The van der Waals surface area contributed by atoms with Crippen LogP contribution < -0.4 is 13.7 Å². The van der Waals surface area contributed by atoms with Crippen LogP contribution in [0, 0.1) is 99.3 Å². The van der Waals surface area contributed by atoms with Crippen LogP contribution in [0.4, 0.5) is 0 Å². The van der Waals surface area contributed by atoms with Gasteiger partial charge in [-0.3, -0.25) is 0 Å². The zero-order valence-corrected chi connectivity index (χ0v) is 58.0. The maximum atomic E-state index is 2.46. The molecule has 3 aliphatic carbocycles. The lowest BCUT2D eigenvalue weighted by Gasteiger charge is -2.21. The van der Waals surface area contributed by atoms with Crippen LogP contribution in [-0.2, 0) is 59.7 Å². The molecule has 0 saturated carbocycles. The summed E-state index contributed by atoms with van der Waals surface area (Å²) in [6.07, 6.45) is 13.2. The SMILES string of the molecule is Cc1cc(-c2c(C)cc(C)c3c2Cc2cc(CC(C)(C)C)ccc2-3)[n+](C)cc1C.Cc1cc(-c2c(C)cc(C)c3c2Cc2ccc(CC(C)(C)C)cc2-3)[n+](C)cc1C.Cc1cc(-c2c(C)cc(C)c3c2Cc2cccc(CC(C)(C)C)c2-3)[n+](C)cc1C. The Bertz CT molecular complexity index is 4250. The number of hydrogen-bond acceptors (Lipinski definition) is 0. The van der Waals surface area contributed by atoms with Crippen molar-refractivity contribution in [3.63, 3.8) is 0 Å². The molecule has 0 bridgehead atoms. The molecule has 0 radical (unpaired) electrons. The van der Waals surface area contributed by atoms with Crippen molar-refractivity contribution in [3.8, 4) is 67.2 Å². The van der Waals surface area contributed by atoms with Gasteiger partial charge in [-0.2, -0.15) is 0 Å². The van der Waals surface area contributed by atoms with Crippen molar-refractivity contribution in [1.82, 2.24) is 0 Å². The molecule has 450 valence electrons. The van der Waals surface area contributed by atoms with E-state index in [1.54, 1.807) is 0 Å². The van der Waals surface area contributed by atoms with E-state index in [0.717, 1.165) is 38.5 Å². The van der Waals surface area contributed by atoms with E-state index in [4.69, 9.17) is 0 Å². The van der Waals surface area contributed by atoms with Gasteiger partial charge in [0.1, 0.15) is 21.1 Å². The third-order valence-electron chi connectivity index (χ3n) is 19.1. The number of nitrogens with zero attached hydrogens (tertiary/aromatic N) is 3. The van der Waals surface area contributed by atoms with Gasteiger partial charge in [0.05, 0.1) is 16.7 Å². The van der Waals surface area contributed by atoms with Crippen molar-refractivity contribution in [3.05, 3.63) is 226 Å². The average molecular weight is 1150 g/mol. The van der Waals surface area contributed by atoms with Gasteiger partial charge in [-0.1, -0.05) is 135 Å². The molecule has 0 amide bonds. The van der Waals surface area contributed by atoms with Gasteiger partial charge in [0.2, 0.25) is 17.1 Å². The second kappa shape index (κ2) is 23.4. The zero-order chi connectivity index (χ0) is 63.3. The first kappa shape index (κ1) is 62.8. The van der Waals surface area contributed by atoms with E-state index < -0.39 is 0 Å². The Kier molecular flexibility index (Phi) is 16.9. The molecule has 0 spiro atoms. The monoisotopic (exact) mass is 1150 g/mol. The maximum Gasteiger partial charge on any atom is 0.213 e. The van der Waals surface area contributed by atoms with Crippen molar-refractivity contribution in [2.45, 2.75) is 184 Å². The van der Waals surface area contributed by atoms with Gasteiger partial charge in [0, 0.05) is 34.9 Å². The van der Waals surface area contributed by atoms with Gasteiger partial charge in [-0.05, 0) is 271 Å². The van der Waals surface area contributed by atoms with Gasteiger partial charge in [-0.15, -0.1) is 0 Å². The zero-order valence-electron chi connectivity index (χ0n) is 58.0. The Morgan fingerprint density at radius 1 is 0.299 bits per heavy atom. The lowest BCUT2D eigenvalue weighted by atomic mass is 9.83. The van der Waals surface area contributed by atoms with E-state index in [-0.39, 0.29) is 5.41 Å². The number of hydrogen-bond donors (Lipinski definition) is 0. The normalized spacial score (nSPS) is 12.8. The fourth-order valence-electron chi connectivity index (χ4n) is 15.2. The molecule has 3 aliphatic rings. The van der Waals surface area contributed by atoms with E-state index in [1.807, 2.05) is 0 Å². The largest absolute Gasteiger partial charge is 0.213 e. The molecular formula is C84H102N3+3. The minimum Gasteiger partial charge on any atom is -0.201 e. The first-order chi connectivity index (χ1) is 40.7. The second-order valence-corrected chi connectivity index (χ2v) is 30.8. The lowest BCUT2D eigenvalue weighted by molar-refractivity contribution is -0.660. The van der Waals surface area contributed by atoms with E-state index in [0.29, 0.717) is 10.8 Å². The highest BCUT2D eigenvalue weighted by molar-refractivity contribution is 5.90. The molecule has 3 nitrogen and oxygen atoms in total. The summed E-state index contributed by atoms with van der Waals surface area (Å²) in [7, 11) is 6.54. The van der Waals surface area contributed by atoms with Crippen molar-refractivity contribution in [2.24, 2.45) is 37.4 Å². The highest BCUT2D eigenvalue weighted by atomic mass is 14.9. The standard InChI is InChI=1S/3C28H34N/c1-17-12-25(29(8)16-20(17)4)27-19(3)11-18(2)26-23-10-9-21(15-28(5,6)7)13-22(23)14-24(26)27;1-17-12-25(29(8)16-20(17)4)27-19(3)11-18(2)26-23-13-21(15-28(5,6)7)9-10-22(23)14-24(26)27;1-17-13-24(29(8)16-20(17)4)25-18(2)12-19(3)26-23(25)14-21-10-9-11-22(27(21)26)15-28(5,6)7/h3*9-13,16H,14-15H2,1-8H3/q3*+1. The summed E-state index contributed by atoms with van der Waals surface area (Å²) >= 11 is 0. The molecule has 12 rings (SSSR count). The third kappa shape index (κ3) is 12.6. The predicted octanol–water partition coefficient (Wildman–Crippen LogP) is 19.7. The molecule has 3 aromatic heterocycles. The lowest BCUT2D eigenvalue weighted by Crippen LogP contribution is -2.32. The molecule has 9 aromatic rings. The summed E-state index contributed by atoms with van der Waals surface area (Å²) in [6.45, 7) is 47.8. The van der Waals surface area contributed by atoms with Crippen molar-refractivity contribution < 1.29 is 13.7 Å². The summed E-state index contributed by atoms with van der Waals surface area (Å²) in [5.74, 6) is 0. The van der Waals surface area contributed by atoms with Gasteiger partial charge in [0.25, 0.3) is 0 Å². The summed E-state index contributed by atoms with van der Waals surface area (Å²) < 4.78 is 6.90. The minimum atomic E-state index is 0.278. The molecule has 0 aliphatic heterocycles. The van der Waals surface area contributed by atoms with Crippen LogP contribution in [0.5, 0.6) is 0 Å². The van der Waals surface area contributed by atoms with Crippen molar-refractivity contribution in [2.75, 3.05) is 0 Å². The van der Waals surface area contributed by atoms with Crippen LogP contribution >= 0.6 is 0 Å². The highest BCUT2D eigenvalue weighted by Gasteiger charge is 2.34. The number of fused-ring (bicyclic) bond motifs is 9. The molecule has 87 heavy (non-hydrogen) atoms. The Labute approximate surface area is 525 Å². The topological polar surface area (TPSA) is 11.6 Å². The molecule has 0 saturated heterocycles. The van der Waals surface area contributed by atoms with Gasteiger partial charge < -0.3 is 0 Å². The van der Waals surface area contributed by atoms with Crippen molar-refractivity contribution in [1.29, 1.82) is 0 Å². The minimum absolute atomic E-state index is 0.278. The molecule has 3 heterocycles. The van der Waals surface area contributed by atoms with Gasteiger partial charge in [0.15, 0.2) is 18.6 Å². The van der Waals surface area contributed by atoms with Gasteiger partial charge in [-0.25, -0.2) is 13.7 Å². The molecule has 3 heteroatoms. The number of aryl methyl sites for hydroxylation is 15. The first-order valence-electron chi connectivity index (χ1n) is 32.3. The quantitative estimate of drug-likeness (QED) is 0.147. The first-order valence-corrected chi connectivity index (χ1v) is 32.3. The summed E-state index contributed by atoms with van der Waals surface area (Å²) in [5.41, 5.74) is 47.7. The number of rotatable bonds is 6. The van der Waals surface area contributed by atoms with E-state index in [9.17, 15) is 0 Å². The summed E-state index contributed by atoms with van der Waals surface area (Å²) in [5, 5.41) is 0. The molecule has 0 fully saturated rings. The van der Waals surface area contributed by atoms with Crippen LogP contribution in [0.2, 0.25) is 0 Å². The number of benzene rings is 6. The highest BCUT2D eigenvalue weighted by Crippen LogP contribution is 2.49. The van der Waals surface area contributed by atoms with Crippen LogP contribution in [0.3, 0.4) is 0 Å². The number of pyridine rings is 3. The van der Waals surface area contributed by atoms with Crippen LogP contribution in [0.25, 0.3) is 67.2 Å². The fraction of sp³-hybridized carbons (Fsp3) is 0.393. The molecule has 0 atom stereocenters. The van der Waals surface area contributed by atoms with E-state index in [1.165, 1.54) is 184 Å². The number of aromatic nitrogens is 3.